The van der Waals surface area contributed by atoms with Crippen molar-refractivity contribution in [2.45, 2.75) is 432 Å². The van der Waals surface area contributed by atoms with Crippen LogP contribution in [0.15, 0.2) is 0 Å². The molecule has 0 aliphatic rings. The van der Waals surface area contributed by atoms with Crippen molar-refractivity contribution in [1.82, 2.24) is 0 Å². The fraction of sp³-hybridized carbons (Fsp3) is 0.949. The van der Waals surface area contributed by atoms with Crippen LogP contribution in [0.2, 0.25) is 0 Å². The average molecular weight is 1440 g/mol. The third-order valence-electron chi connectivity index (χ3n) is 19.2. The summed E-state index contributed by atoms with van der Waals surface area (Å²) in [5.41, 5.74) is 0. The van der Waals surface area contributed by atoms with Crippen LogP contribution < -0.4 is 0 Å². The van der Waals surface area contributed by atoms with Crippen molar-refractivity contribution in [3.63, 3.8) is 0 Å². The maximum atomic E-state index is 13.1. The Kier molecular flexibility index (Phi) is 69.3. The Balaban J connectivity index is 5.27. The molecule has 98 heavy (non-hydrogen) atoms. The lowest BCUT2D eigenvalue weighted by Gasteiger charge is -2.21. The Morgan fingerprint density at radius 1 is 0.286 bits per heavy atom. The smallest absolute Gasteiger partial charge is 0.462 e. The summed E-state index contributed by atoms with van der Waals surface area (Å²) in [5, 5.41) is 10.6. The van der Waals surface area contributed by atoms with Crippen molar-refractivity contribution in [2.24, 2.45) is 11.8 Å². The van der Waals surface area contributed by atoms with Crippen LogP contribution in [0.3, 0.4) is 0 Å². The molecule has 0 bridgehead atoms. The topological polar surface area (TPSA) is 237 Å². The van der Waals surface area contributed by atoms with Crippen LogP contribution in [0.5, 0.6) is 0 Å². The number of phosphoric acid groups is 2. The minimum absolute atomic E-state index is 0.108. The normalized spacial score (nSPS) is 14.5. The first-order valence-electron chi connectivity index (χ1n) is 41.1. The second-order valence-corrected chi connectivity index (χ2v) is 31.8. The molecule has 0 rings (SSSR count). The van der Waals surface area contributed by atoms with Crippen LogP contribution in [-0.2, 0) is 65.4 Å². The quantitative estimate of drug-likeness (QED) is 0.0222. The molecule has 0 saturated heterocycles. The molecular weight excluding hydrogens is 1280 g/mol. The lowest BCUT2D eigenvalue weighted by atomic mass is 9.99. The number of hydrogen-bond donors (Lipinski definition) is 3. The SMILES string of the molecule is CCCCCCCCCCCCCCCCCCCCC(=O)O[C@H](COC(=O)CCCCCCCCCCCCC(C)CC)COP(=O)(O)OC[C@@H](O)COP(=O)(O)OC[C@@H](COC(=O)CCCCCCCCCCC(C)CC)OC(=O)CCCCCCCCCCCCCCCC. The number of ether oxygens (including phenoxy) is 4. The molecule has 0 heterocycles. The van der Waals surface area contributed by atoms with Gasteiger partial charge in [-0.05, 0) is 37.5 Å². The molecule has 7 atom stereocenters. The van der Waals surface area contributed by atoms with Crippen molar-refractivity contribution in [1.29, 1.82) is 0 Å². The van der Waals surface area contributed by atoms with E-state index in [1.807, 2.05) is 0 Å². The van der Waals surface area contributed by atoms with Crippen LogP contribution in [0.4, 0.5) is 0 Å². The predicted octanol–water partition coefficient (Wildman–Crippen LogP) is 23.5. The zero-order valence-corrected chi connectivity index (χ0v) is 65.9. The Bertz CT molecular complexity index is 1890. The fourth-order valence-electron chi connectivity index (χ4n) is 12.1. The molecule has 0 spiro atoms. The van der Waals surface area contributed by atoms with Gasteiger partial charge in [0.05, 0.1) is 26.4 Å². The summed E-state index contributed by atoms with van der Waals surface area (Å²) in [5.74, 6) is -0.522. The number of rotatable bonds is 78. The van der Waals surface area contributed by atoms with Gasteiger partial charge in [-0.25, -0.2) is 9.13 Å². The molecular formula is C79H154O17P2. The minimum Gasteiger partial charge on any atom is -0.462 e. The zero-order valence-electron chi connectivity index (χ0n) is 64.1. The minimum atomic E-state index is -4.96. The molecule has 0 radical (unpaired) electrons. The van der Waals surface area contributed by atoms with Crippen molar-refractivity contribution in [2.75, 3.05) is 39.6 Å². The molecule has 0 aromatic heterocycles. The van der Waals surface area contributed by atoms with Crippen LogP contribution in [-0.4, -0.2) is 96.7 Å². The van der Waals surface area contributed by atoms with Gasteiger partial charge in [0.2, 0.25) is 0 Å². The Morgan fingerprint density at radius 2 is 0.490 bits per heavy atom. The van der Waals surface area contributed by atoms with E-state index < -0.39 is 97.5 Å². The van der Waals surface area contributed by atoms with Crippen molar-refractivity contribution >= 4 is 39.5 Å². The molecule has 0 fully saturated rings. The predicted molar refractivity (Wildman–Crippen MR) is 400 cm³/mol. The number of carbonyl (C=O) groups excluding carboxylic acids is 4. The number of aliphatic hydroxyl groups excluding tert-OH is 1. The van der Waals surface area contributed by atoms with Gasteiger partial charge < -0.3 is 33.8 Å². The van der Waals surface area contributed by atoms with Crippen molar-refractivity contribution < 1.29 is 80.2 Å². The van der Waals surface area contributed by atoms with Crippen LogP contribution in [0, 0.1) is 11.8 Å². The summed E-state index contributed by atoms with van der Waals surface area (Å²) in [4.78, 5) is 73.0. The highest BCUT2D eigenvalue weighted by Gasteiger charge is 2.30. The van der Waals surface area contributed by atoms with Gasteiger partial charge in [-0.3, -0.25) is 37.3 Å². The number of aliphatic hydroxyl groups is 1. The van der Waals surface area contributed by atoms with Gasteiger partial charge >= 0.3 is 39.5 Å². The Hall–Kier alpha value is -1.94. The molecule has 19 heteroatoms. The van der Waals surface area contributed by atoms with E-state index >= 15 is 0 Å². The molecule has 3 N–H and O–H groups in total. The lowest BCUT2D eigenvalue weighted by molar-refractivity contribution is -0.161. The van der Waals surface area contributed by atoms with Gasteiger partial charge in [0.25, 0.3) is 0 Å². The highest BCUT2D eigenvalue weighted by molar-refractivity contribution is 7.47. The number of phosphoric ester groups is 2. The van der Waals surface area contributed by atoms with E-state index in [0.29, 0.717) is 25.7 Å². The van der Waals surface area contributed by atoms with E-state index in [-0.39, 0.29) is 25.7 Å². The summed E-state index contributed by atoms with van der Waals surface area (Å²) in [6, 6.07) is 0. The summed E-state index contributed by atoms with van der Waals surface area (Å²) in [6.45, 7) is 9.66. The number of carbonyl (C=O) groups is 4. The number of unbranched alkanes of at least 4 members (excludes halogenated alkanes) is 46. The summed E-state index contributed by atoms with van der Waals surface area (Å²) >= 11 is 0. The van der Waals surface area contributed by atoms with E-state index in [9.17, 15) is 43.2 Å². The van der Waals surface area contributed by atoms with Gasteiger partial charge in [0.1, 0.15) is 19.3 Å². The molecule has 0 aliphatic carbocycles. The van der Waals surface area contributed by atoms with Crippen LogP contribution in [0.1, 0.15) is 414 Å². The standard InChI is InChI=1S/C79H154O17P2/c1-7-11-13-15-17-19-21-23-25-26-27-28-30-32-38-46-52-58-64-79(84)95-74(67-89-76(81)61-55-49-43-36-34-33-35-41-47-53-59-71(5)9-3)69-93-97(85,86)91-65-73(80)66-92-98(87,88)94-70-75(68-90-77(82)62-56-50-44-40-39-42-48-54-60-72(6)10-4)96-78(83)63-57-51-45-37-31-29-24-22-20-18-16-14-12-8-2/h71-75,80H,7-70H2,1-6H3,(H,85,86)(H,87,88)/t71?,72?,73-,74-,75-/m1/s1. The Morgan fingerprint density at radius 3 is 0.724 bits per heavy atom. The lowest BCUT2D eigenvalue weighted by Crippen LogP contribution is -2.30. The van der Waals surface area contributed by atoms with Gasteiger partial charge in [-0.15, -0.1) is 0 Å². The second kappa shape index (κ2) is 70.7. The molecule has 0 aromatic rings. The van der Waals surface area contributed by atoms with Gasteiger partial charge in [-0.2, -0.15) is 0 Å². The highest BCUT2D eigenvalue weighted by atomic mass is 31.2. The van der Waals surface area contributed by atoms with E-state index in [2.05, 4.69) is 41.5 Å². The van der Waals surface area contributed by atoms with E-state index in [4.69, 9.17) is 37.0 Å². The third-order valence-corrected chi connectivity index (χ3v) is 21.1. The Labute approximate surface area is 600 Å². The van der Waals surface area contributed by atoms with Gasteiger partial charge in [0.15, 0.2) is 12.2 Å². The van der Waals surface area contributed by atoms with E-state index in [1.54, 1.807) is 0 Å². The molecule has 4 unspecified atom stereocenters. The molecule has 0 aromatic carbocycles. The third kappa shape index (κ3) is 69.8. The maximum Gasteiger partial charge on any atom is 0.472 e. The van der Waals surface area contributed by atoms with Gasteiger partial charge in [0, 0.05) is 25.7 Å². The summed E-state index contributed by atoms with van der Waals surface area (Å²) < 4.78 is 68.7. The summed E-state index contributed by atoms with van der Waals surface area (Å²) in [7, 11) is -9.92. The first-order chi connectivity index (χ1) is 47.4. The van der Waals surface area contributed by atoms with Crippen LogP contribution in [0.25, 0.3) is 0 Å². The fourth-order valence-corrected chi connectivity index (χ4v) is 13.7. The van der Waals surface area contributed by atoms with Gasteiger partial charge in [-0.1, -0.05) is 363 Å². The van der Waals surface area contributed by atoms with Crippen molar-refractivity contribution in [3.8, 4) is 0 Å². The van der Waals surface area contributed by atoms with E-state index in [0.717, 1.165) is 102 Å². The highest BCUT2D eigenvalue weighted by Crippen LogP contribution is 2.45. The largest absolute Gasteiger partial charge is 0.472 e. The number of hydrogen-bond acceptors (Lipinski definition) is 15. The maximum absolute atomic E-state index is 13.1. The summed E-state index contributed by atoms with van der Waals surface area (Å²) in [6.07, 6.45) is 59.4. The molecule has 0 amide bonds. The number of esters is 4. The second-order valence-electron chi connectivity index (χ2n) is 28.9. The zero-order chi connectivity index (χ0) is 72.1. The average Bonchev–Trinajstić information content (AvgIpc) is 1.03. The first-order valence-corrected chi connectivity index (χ1v) is 44.1. The molecule has 582 valence electrons. The molecule has 0 saturated carbocycles. The molecule has 17 nitrogen and oxygen atoms in total. The van der Waals surface area contributed by atoms with Crippen molar-refractivity contribution in [3.05, 3.63) is 0 Å². The van der Waals surface area contributed by atoms with Crippen LogP contribution >= 0.6 is 15.6 Å². The monoisotopic (exact) mass is 1440 g/mol. The molecule has 0 aliphatic heterocycles. The first kappa shape index (κ1) is 96.1. The van der Waals surface area contributed by atoms with E-state index in [1.165, 1.54) is 231 Å².